The van der Waals surface area contributed by atoms with Crippen molar-refractivity contribution in [3.63, 3.8) is 0 Å². The Morgan fingerprint density at radius 3 is 1.91 bits per heavy atom. The van der Waals surface area contributed by atoms with Crippen LogP contribution < -0.4 is 4.90 Å². The van der Waals surface area contributed by atoms with E-state index in [1.165, 1.54) is 17.0 Å². The van der Waals surface area contributed by atoms with Gasteiger partial charge < -0.3 is 4.90 Å². The third-order valence-corrected chi connectivity index (χ3v) is 7.24. The van der Waals surface area contributed by atoms with Crippen LogP contribution in [0.4, 0.5) is 5.95 Å². The highest BCUT2D eigenvalue weighted by Crippen LogP contribution is 2.31. The second-order valence-electron chi connectivity index (χ2n) is 8.75. The number of piperazine rings is 1. The van der Waals surface area contributed by atoms with Gasteiger partial charge in [0.15, 0.2) is 0 Å². The summed E-state index contributed by atoms with van der Waals surface area (Å²) in [5.41, 5.74) is 2.79. The fraction of sp³-hybridized carbons (Fsp3) is 0.308. The standard InChI is InChI=1S/C26H25Cl2N5O2/c27-22-14-20-21(15-23(22)28)25(35)33(24(20)34)9-5-4-8-31-10-12-32(13-11-31)26-29-16-19(17-30-26)18-6-2-1-3-7-18/h1-3,6-7,14-17H,4-5,8-13H2. The lowest BCUT2D eigenvalue weighted by Crippen LogP contribution is -2.47. The van der Waals surface area contributed by atoms with E-state index in [0.717, 1.165) is 62.6 Å². The van der Waals surface area contributed by atoms with Crippen molar-refractivity contribution >= 4 is 41.0 Å². The molecule has 1 fully saturated rings. The van der Waals surface area contributed by atoms with Gasteiger partial charge in [-0.2, -0.15) is 0 Å². The highest BCUT2D eigenvalue weighted by molar-refractivity contribution is 6.43. The number of aromatic nitrogens is 2. The minimum atomic E-state index is -0.296. The number of carbonyl (C=O) groups is 2. The maximum Gasteiger partial charge on any atom is 0.261 e. The summed E-state index contributed by atoms with van der Waals surface area (Å²) < 4.78 is 0. The predicted octanol–water partition coefficient (Wildman–Crippen LogP) is 4.65. The molecule has 0 saturated carbocycles. The largest absolute Gasteiger partial charge is 0.338 e. The van der Waals surface area contributed by atoms with E-state index in [9.17, 15) is 9.59 Å². The molecule has 0 atom stereocenters. The number of rotatable bonds is 7. The van der Waals surface area contributed by atoms with Crippen molar-refractivity contribution in [2.45, 2.75) is 12.8 Å². The Kier molecular flexibility index (Phi) is 7.00. The molecule has 0 radical (unpaired) electrons. The number of hydrogen-bond donors (Lipinski definition) is 0. The van der Waals surface area contributed by atoms with Gasteiger partial charge in [-0.25, -0.2) is 9.97 Å². The number of nitrogens with zero attached hydrogens (tertiary/aromatic N) is 5. The first kappa shape index (κ1) is 23.7. The highest BCUT2D eigenvalue weighted by Gasteiger charge is 2.35. The van der Waals surface area contributed by atoms with Crippen LogP contribution in [-0.4, -0.2) is 70.9 Å². The van der Waals surface area contributed by atoms with Gasteiger partial charge in [0.2, 0.25) is 5.95 Å². The quantitative estimate of drug-likeness (QED) is 0.341. The molecule has 0 N–H and O–H groups in total. The third kappa shape index (κ3) is 5.03. The van der Waals surface area contributed by atoms with Crippen LogP contribution in [0.1, 0.15) is 33.6 Å². The Morgan fingerprint density at radius 1 is 0.743 bits per heavy atom. The maximum absolute atomic E-state index is 12.6. The number of halogens is 2. The van der Waals surface area contributed by atoms with Gasteiger partial charge in [-0.3, -0.25) is 19.4 Å². The lowest BCUT2D eigenvalue weighted by atomic mass is 10.1. The average Bonchev–Trinajstić information content (AvgIpc) is 3.11. The molecule has 0 aliphatic carbocycles. The molecule has 2 aliphatic heterocycles. The minimum absolute atomic E-state index is 0.282. The SMILES string of the molecule is O=C1c2cc(Cl)c(Cl)cc2C(=O)N1CCCCN1CCN(c2ncc(-c3ccccc3)cn2)CC1. The van der Waals surface area contributed by atoms with Crippen molar-refractivity contribution < 1.29 is 9.59 Å². The molecular weight excluding hydrogens is 485 g/mol. The Morgan fingerprint density at radius 2 is 1.31 bits per heavy atom. The van der Waals surface area contributed by atoms with Gasteiger partial charge in [0.25, 0.3) is 11.8 Å². The van der Waals surface area contributed by atoms with Gasteiger partial charge in [-0.1, -0.05) is 53.5 Å². The molecule has 180 valence electrons. The van der Waals surface area contributed by atoms with Crippen molar-refractivity contribution in [2.24, 2.45) is 0 Å². The molecule has 5 rings (SSSR count). The van der Waals surface area contributed by atoms with Gasteiger partial charge in [0, 0.05) is 50.7 Å². The molecule has 35 heavy (non-hydrogen) atoms. The van der Waals surface area contributed by atoms with E-state index in [4.69, 9.17) is 23.2 Å². The molecule has 1 aromatic heterocycles. The Balaban J connectivity index is 1.06. The molecule has 0 spiro atoms. The zero-order chi connectivity index (χ0) is 24.4. The zero-order valence-corrected chi connectivity index (χ0v) is 20.7. The van der Waals surface area contributed by atoms with Gasteiger partial charge in [0.05, 0.1) is 21.2 Å². The van der Waals surface area contributed by atoms with E-state index in [1.807, 2.05) is 30.6 Å². The lowest BCUT2D eigenvalue weighted by molar-refractivity contribution is 0.0650. The molecule has 3 heterocycles. The summed E-state index contributed by atoms with van der Waals surface area (Å²) in [5, 5.41) is 0.565. The van der Waals surface area contributed by atoms with Gasteiger partial charge in [0.1, 0.15) is 0 Å². The van der Waals surface area contributed by atoms with Crippen LogP contribution in [-0.2, 0) is 0 Å². The van der Waals surface area contributed by atoms with E-state index in [2.05, 4.69) is 31.9 Å². The average molecular weight is 510 g/mol. The minimum Gasteiger partial charge on any atom is -0.338 e. The second-order valence-corrected chi connectivity index (χ2v) is 9.56. The third-order valence-electron chi connectivity index (χ3n) is 6.52. The van der Waals surface area contributed by atoms with Crippen molar-refractivity contribution in [1.82, 2.24) is 19.8 Å². The molecule has 2 aliphatic rings. The zero-order valence-electron chi connectivity index (χ0n) is 19.2. The van der Waals surface area contributed by atoms with E-state index in [1.54, 1.807) is 0 Å². The van der Waals surface area contributed by atoms with E-state index in [0.29, 0.717) is 17.7 Å². The summed E-state index contributed by atoms with van der Waals surface area (Å²) in [4.78, 5) is 40.3. The monoisotopic (exact) mass is 509 g/mol. The number of benzene rings is 2. The van der Waals surface area contributed by atoms with E-state index >= 15 is 0 Å². The Labute approximate surface area is 214 Å². The van der Waals surface area contributed by atoms with Gasteiger partial charge >= 0.3 is 0 Å². The molecule has 9 heteroatoms. The number of anilines is 1. The van der Waals surface area contributed by atoms with Crippen LogP contribution in [0.5, 0.6) is 0 Å². The number of hydrogen-bond acceptors (Lipinski definition) is 6. The van der Waals surface area contributed by atoms with Crippen LogP contribution in [0, 0.1) is 0 Å². The van der Waals surface area contributed by atoms with Crippen molar-refractivity contribution in [1.29, 1.82) is 0 Å². The van der Waals surface area contributed by atoms with Gasteiger partial charge in [-0.15, -0.1) is 0 Å². The maximum atomic E-state index is 12.6. The summed E-state index contributed by atoms with van der Waals surface area (Å²) in [7, 11) is 0. The van der Waals surface area contributed by atoms with E-state index < -0.39 is 0 Å². The number of carbonyl (C=O) groups excluding carboxylic acids is 2. The van der Waals surface area contributed by atoms with Crippen LogP contribution >= 0.6 is 23.2 Å². The fourth-order valence-corrected chi connectivity index (χ4v) is 4.86. The topological polar surface area (TPSA) is 69.6 Å². The molecule has 2 aromatic carbocycles. The smallest absolute Gasteiger partial charge is 0.261 e. The highest BCUT2D eigenvalue weighted by atomic mass is 35.5. The number of amides is 2. The van der Waals surface area contributed by atoms with Gasteiger partial charge in [-0.05, 0) is 37.1 Å². The first-order chi connectivity index (χ1) is 17.0. The van der Waals surface area contributed by atoms with Crippen LogP contribution in [0.2, 0.25) is 10.0 Å². The van der Waals surface area contributed by atoms with Crippen LogP contribution in [0.25, 0.3) is 11.1 Å². The van der Waals surface area contributed by atoms with Crippen molar-refractivity contribution in [3.05, 3.63) is 76.0 Å². The Hall–Kier alpha value is -3.00. The Bertz CT molecular complexity index is 1190. The first-order valence-corrected chi connectivity index (χ1v) is 12.5. The summed E-state index contributed by atoms with van der Waals surface area (Å²) in [5.74, 6) is 0.168. The first-order valence-electron chi connectivity index (χ1n) is 11.7. The summed E-state index contributed by atoms with van der Waals surface area (Å²) in [6.45, 7) is 4.89. The number of imide groups is 1. The molecule has 0 bridgehead atoms. The second kappa shape index (κ2) is 10.3. The van der Waals surface area contributed by atoms with Crippen LogP contribution in [0.3, 0.4) is 0 Å². The van der Waals surface area contributed by atoms with E-state index in [-0.39, 0.29) is 21.9 Å². The lowest BCUT2D eigenvalue weighted by Gasteiger charge is -2.34. The number of unbranched alkanes of at least 4 members (excludes halogenated alkanes) is 1. The molecular formula is C26H25Cl2N5O2. The molecule has 0 unspecified atom stereocenters. The number of fused-ring (bicyclic) bond motifs is 1. The summed E-state index contributed by atoms with van der Waals surface area (Å²) >= 11 is 12.0. The molecule has 2 amide bonds. The predicted molar refractivity (Wildman–Crippen MR) is 137 cm³/mol. The summed E-state index contributed by atoms with van der Waals surface area (Å²) in [6.07, 6.45) is 5.41. The summed E-state index contributed by atoms with van der Waals surface area (Å²) in [6, 6.07) is 13.1. The normalized spacial score (nSPS) is 16.2. The van der Waals surface area contributed by atoms with Crippen molar-refractivity contribution in [2.75, 3.05) is 44.2 Å². The fourth-order valence-electron chi connectivity index (χ4n) is 4.53. The molecule has 7 nitrogen and oxygen atoms in total. The molecule has 1 saturated heterocycles. The molecule has 3 aromatic rings. The van der Waals surface area contributed by atoms with Crippen LogP contribution in [0.15, 0.2) is 54.9 Å². The van der Waals surface area contributed by atoms with Crippen molar-refractivity contribution in [3.8, 4) is 11.1 Å².